The molecule has 3 rings (SSSR count). The van der Waals surface area contributed by atoms with Crippen LogP contribution in [-0.2, 0) is 9.53 Å². The Hall–Kier alpha value is -1.56. The minimum atomic E-state index is -0.305. The molecule has 110 valence electrons. The van der Waals surface area contributed by atoms with Crippen molar-refractivity contribution in [2.45, 2.75) is 38.8 Å². The molecule has 6 heteroatoms. The lowest BCUT2D eigenvalue weighted by Crippen LogP contribution is -2.45. The summed E-state index contributed by atoms with van der Waals surface area (Å²) in [6.07, 6.45) is 2.00. The highest BCUT2D eigenvalue weighted by Crippen LogP contribution is 2.29. The third kappa shape index (κ3) is 2.08. The second-order valence-electron chi connectivity index (χ2n) is 5.78. The number of nitrogens with one attached hydrogen (secondary N) is 1. The number of esters is 1. The SMILES string of the molecule is CC1=C(N2C(=O)N(C3CCNCC3)C[C@@H]2C)COC1=O. The Bertz CT molecular complexity index is 468. The first-order chi connectivity index (χ1) is 9.59. The van der Waals surface area contributed by atoms with Gasteiger partial charge in [-0.25, -0.2) is 9.59 Å². The van der Waals surface area contributed by atoms with Crippen LogP contribution in [0, 0.1) is 0 Å². The maximum Gasteiger partial charge on any atom is 0.336 e. The number of ether oxygens (including phenoxy) is 1. The minimum Gasteiger partial charge on any atom is -0.456 e. The molecule has 0 aliphatic carbocycles. The molecule has 2 fully saturated rings. The Morgan fingerprint density at radius 2 is 1.95 bits per heavy atom. The number of carbonyl (C=O) groups excluding carboxylic acids is 2. The molecular formula is C14H21N3O3. The molecule has 0 unspecified atom stereocenters. The highest BCUT2D eigenvalue weighted by Gasteiger charge is 2.42. The lowest BCUT2D eigenvalue weighted by molar-refractivity contribution is -0.136. The Morgan fingerprint density at radius 1 is 1.25 bits per heavy atom. The normalized spacial score (nSPS) is 28.6. The third-order valence-corrected chi connectivity index (χ3v) is 4.47. The summed E-state index contributed by atoms with van der Waals surface area (Å²) < 4.78 is 5.03. The largest absolute Gasteiger partial charge is 0.456 e. The molecule has 3 heterocycles. The van der Waals surface area contributed by atoms with Crippen LogP contribution in [0.3, 0.4) is 0 Å². The number of rotatable bonds is 2. The van der Waals surface area contributed by atoms with Crippen LogP contribution in [0.4, 0.5) is 4.79 Å². The van der Waals surface area contributed by atoms with Gasteiger partial charge in [0.05, 0.1) is 17.3 Å². The van der Waals surface area contributed by atoms with E-state index in [1.165, 1.54) is 0 Å². The third-order valence-electron chi connectivity index (χ3n) is 4.47. The predicted octanol–water partition coefficient (Wildman–Crippen LogP) is 0.695. The summed E-state index contributed by atoms with van der Waals surface area (Å²) in [6, 6.07) is 0.434. The van der Waals surface area contributed by atoms with Crippen LogP contribution < -0.4 is 5.32 Å². The van der Waals surface area contributed by atoms with Gasteiger partial charge >= 0.3 is 12.0 Å². The van der Waals surface area contributed by atoms with Crippen molar-refractivity contribution in [3.63, 3.8) is 0 Å². The van der Waals surface area contributed by atoms with Gasteiger partial charge in [-0.15, -0.1) is 0 Å². The molecule has 6 nitrogen and oxygen atoms in total. The van der Waals surface area contributed by atoms with Crippen molar-refractivity contribution in [1.29, 1.82) is 0 Å². The first kappa shape index (κ1) is 13.4. The average Bonchev–Trinajstić information content (AvgIpc) is 2.92. The first-order valence-corrected chi connectivity index (χ1v) is 7.27. The van der Waals surface area contributed by atoms with Crippen LogP contribution >= 0.6 is 0 Å². The van der Waals surface area contributed by atoms with Gasteiger partial charge in [0.15, 0.2) is 0 Å². The lowest BCUT2D eigenvalue weighted by Gasteiger charge is -2.31. The molecule has 2 amide bonds. The van der Waals surface area contributed by atoms with E-state index in [0.29, 0.717) is 11.6 Å². The number of hydrogen-bond donors (Lipinski definition) is 1. The Kier molecular flexibility index (Phi) is 3.41. The molecule has 1 N–H and O–H groups in total. The van der Waals surface area contributed by atoms with Gasteiger partial charge in [0.2, 0.25) is 0 Å². The van der Waals surface area contributed by atoms with E-state index in [9.17, 15) is 9.59 Å². The van der Waals surface area contributed by atoms with E-state index in [1.54, 1.807) is 11.8 Å². The molecule has 2 saturated heterocycles. The molecule has 3 aliphatic heterocycles. The van der Waals surface area contributed by atoms with Gasteiger partial charge in [0.1, 0.15) is 6.61 Å². The summed E-state index contributed by atoms with van der Waals surface area (Å²) >= 11 is 0. The Balaban J connectivity index is 1.80. The van der Waals surface area contributed by atoms with Crippen molar-refractivity contribution in [3.05, 3.63) is 11.3 Å². The van der Waals surface area contributed by atoms with Gasteiger partial charge < -0.3 is 15.0 Å². The molecule has 0 aromatic rings. The van der Waals surface area contributed by atoms with E-state index in [0.717, 1.165) is 38.2 Å². The monoisotopic (exact) mass is 279 g/mol. The topological polar surface area (TPSA) is 61.9 Å². The standard InChI is InChI=1S/C14H21N3O3/c1-9-7-16(11-3-5-15-6-4-11)14(19)17(9)12-8-20-13(18)10(12)2/h9,11,15H,3-8H2,1-2H3/t9-/m0/s1. The van der Waals surface area contributed by atoms with E-state index in [1.807, 2.05) is 11.8 Å². The molecular weight excluding hydrogens is 258 g/mol. The quantitative estimate of drug-likeness (QED) is 0.756. The van der Waals surface area contributed by atoms with Gasteiger partial charge in [0.25, 0.3) is 0 Å². The van der Waals surface area contributed by atoms with Crippen LogP contribution in [0.25, 0.3) is 0 Å². The average molecular weight is 279 g/mol. The summed E-state index contributed by atoms with van der Waals surface area (Å²) in [5, 5.41) is 3.32. The summed E-state index contributed by atoms with van der Waals surface area (Å²) in [7, 11) is 0. The molecule has 1 atom stereocenters. The van der Waals surface area contributed by atoms with Crippen LogP contribution in [-0.4, -0.2) is 60.1 Å². The molecule has 0 saturated carbocycles. The van der Waals surface area contributed by atoms with Gasteiger partial charge in [0, 0.05) is 12.6 Å². The lowest BCUT2D eigenvalue weighted by atomic mass is 10.1. The molecule has 0 spiro atoms. The van der Waals surface area contributed by atoms with Crippen molar-refractivity contribution in [2.75, 3.05) is 26.2 Å². The van der Waals surface area contributed by atoms with Crippen molar-refractivity contribution >= 4 is 12.0 Å². The number of cyclic esters (lactones) is 1. The first-order valence-electron chi connectivity index (χ1n) is 7.27. The number of urea groups is 1. The number of nitrogens with zero attached hydrogens (tertiary/aromatic N) is 2. The fraction of sp³-hybridized carbons (Fsp3) is 0.714. The summed E-state index contributed by atoms with van der Waals surface area (Å²) in [5.74, 6) is -0.305. The van der Waals surface area contributed by atoms with Crippen molar-refractivity contribution in [2.24, 2.45) is 0 Å². The van der Waals surface area contributed by atoms with Gasteiger partial charge in [-0.05, 0) is 39.8 Å². The molecule has 0 aromatic heterocycles. The molecule has 3 aliphatic rings. The zero-order chi connectivity index (χ0) is 14.3. The predicted molar refractivity (Wildman–Crippen MR) is 73.0 cm³/mol. The highest BCUT2D eigenvalue weighted by atomic mass is 16.5. The molecule has 0 radical (unpaired) electrons. The van der Waals surface area contributed by atoms with Crippen molar-refractivity contribution < 1.29 is 14.3 Å². The van der Waals surface area contributed by atoms with E-state index < -0.39 is 0 Å². The van der Waals surface area contributed by atoms with E-state index in [4.69, 9.17) is 4.74 Å². The second-order valence-corrected chi connectivity index (χ2v) is 5.78. The molecule has 20 heavy (non-hydrogen) atoms. The molecule has 0 bridgehead atoms. The summed E-state index contributed by atoms with van der Waals surface area (Å²) in [5.41, 5.74) is 1.31. The van der Waals surface area contributed by atoms with Crippen LogP contribution in [0.1, 0.15) is 26.7 Å². The van der Waals surface area contributed by atoms with Crippen LogP contribution in [0.2, 0.25) is 0 Å². The van der Waals surface area contributed by atoms with Gasteiger partial charge in [-0.1, -0.05) is 0 Å². The van der Waals surface area contributed by atoms with E-state index >= 15 is 0 Å². The Labute approximate surface area is 118 Å². The number of amides is 2. The van der Waals surface area contributed by atoms with Crippen LogP contribution in [0.5, 0.6) is 0 Å². The maximum atomic E-state index is 12.7. The Morgan fingerprint density at radius 3 is 2.55 bits per heavy atom. The summed E-state index contributed by atoms with van der Waals surface area (Å²) in [4.78, 5) is 27.9. The molecule has 0 aromatic carbocycles. The van der Waals surface area contributed by atoms with Gasteiger partial charge in [-0.3, -0.25) is 4.90 Å². The number of carbonyl (C=O) groups is 2. The second kappa shape index (κ2) is 5.09. The highest BCUT2D eigenvalue weighted by molar-refractivity contribution is 5.92. The minimum absolute atomic E-state index is 0.0250. The fourth-order valence-corrected chi connectivity index (χ4v) is 3.29. The zero-order valence-electron chi connectivity index (χ0n) is 12.0. The van der Waals surface area contributed by atoms with E-state index in [2.05, 4.69) is 5.32 Å². The maximum absolute atomic E-state index is 12.7. The van der Waals surface area contributed by atoms with Gasteiger partial charge in [-0.2, -0.15) is 0 Å². The van der Waals surface area contributed by atoms with Crippen molar-refractivity contribution in [1.82, 2.24) is 15.1 Å². The van der Waals surface area contributed by atoms with E-state index in [-0.39, 0.29) is 24.6 Å². The zero-order valence-corrected chi connectivity index (χ0v) is 12.0. The summed E-state index contributed by atoms with van der Waals surface area (Å²) in [6.45, 7) is 6.65. The fourth-order valence-electron chi connectivity index (χ4n) is 3.29. The van der Waals surface area contributed by atoms with Crippen LogP contribution in [0.15, 0.2) is 11.3 Å². The smallest absolute Gasteiger partial charge is 0.336 e. The van der Waals surface area contributed by atoms with Crippen molar-refractivity contribution in [3.8, 4) is 0 Å². The number of piperidine rings is 1. The number of hydrogen-bond acceptors (Lipinski definition) is 4.